The van der Waals surface area contributed by atoms with Crippen LogP contribution in [0.3, 0.4) is 0 Å². The lowest BCUT2D eigenvalue weighted by Crippen LogP contribution is -2.01. The minimum Gasteiger partial charge on any atom is -0.127 e. The van der Waals surface area contributed by atoms with Gasteiger partial charge in [-0.1, -0.05) is 71.6 Å². The maximum absolute atomic E-state index is 5.85. The molecule has 0 nitrogen and oxygen atoms in total. The fourth-order valence-electron chi connectivity index (χ4n) is 2.13. The number of unbranched alkanes of at least 4 members (excludes halogenated alkanes) is 5. The van der Waals surface area contributed by atoms with E-state index in [1.807, 2.05) is 0 Å². The predicted molar refractivity (Wildman–Crippen MR) is 71.7 cm³/mol. The monoisotopic (exact) mass is 232 g/mol. The van der Waals surface area contributed by atoms with Gasteiger partial charge in [0.1, 0.15) is 0 Å². The van der Waals surface area contributed by atoms with E-state index >= 15 is 0 Å². The van der Waals surface area contributed by atoms with Crippen LogP contribution in [0.1, 0.15) is 78.1 Å². The molecule has 15 heavy (non-hydrogen) atoms. The molecule has 0 bridgehead atoms. The third-order valence-corrected chi connectivity index (χ3v) is 3.42. The van der Waals surface area contributed by atoms with Crippen molar-refractivity contribution < 1.29 is 0 Å². The maximum Gasteiger partial charge on any atom is 0.0226 e. The van der Waals surface area contributed by atoms with Crippen LogP contribution in [0.25, 0.3) is 0 Å². The predicted octanol–water partition coefficient (Wildman–Crippen LogP) is 5.78. The van der Waals surface area contributed by atoms with Gasteiger partial charge in [0.2, 0.25) is 0 Å². The summed E-state index contributed by atoms with van der Waals surface area (Å²) in [6.45, 7) is 4.55. The van der Waals surface area contributed by atoms with Gasteiger partial charge in [-0.25, -0.2) is 0 Å². The highest BCUT2D eigenvalue weighted by molar-refractivity contribution is 6.17. The first-order valence-electron chi connectivity index (χ1n) is 6.91. The average Bonchev–Trinajstić information content (AvgIpc) is 2.24. The Morgan fingerprint density at radius 3 is 1.80 bits per heavy atom. The zero-order valence-corrected chi connectivity index (χ0v) is 11.5. The molecule has 1 atom stereocenters. The molecule has 0 amide bonds. The molecule has 0 radical (unpaired) electrons. The first-order valence-corrected chi connectivity index (χ1v) is 7.44. The van der Waals surface area contributed by atoms with E-state index < -0.39 is 0 Å². The standard InChI is InChI=1S/C14H29Cl/c1-3-5-7-9-11-14(12-13-15)10-8-6-4-2/h14H,3-13H2,1-2H3. The Balaban J connectivity index is 3.44. The number of hydrogen-bond donors (Lipinski definition) is 0. The Morgan fingerprint density at radius 1 is 0.733 bits per heavy atom. The zero-order valence-electron chi connectivity index (χ0n) is 10.7. The van der Waals surface area contributed by atoms with Crippen molar-refractivity contribution in [3.8, 4) is 0 Å². The van der Waals surface area contributed by atoms with Gasteiger partial charge in [0.15, 0.2) is 0 Å². The van der Waals surface area contributed by atoms with Crippen LogP contribution in [0.2, 0.25) is 0 Å². The van der Waals surface area contributed by atoms with E-state index in [4.69, 9.17) is 11.6 Å². The smallest absolute Gasteiger partial charge is 0.0226 e. The van der Waals surface area contributed by atoms with Crippen LogP contribution < -0.4 is 0 Å². The molecule has 0 fully saturated rings. The van der Waals surface area contributed by atoms with Gasteiger partial charge in [0.05, 0.1) is 0 Å². The quantitative estimate of drug-likeness (QED) is 0.313. The van der Waals surface area contributed by atoms with Crippen molar-refractivity contribution in [3.05, 3.63) is 0 Å². The summed E-state index contributed by atoms with van der Waals surface area (Å²) in [6, 6.07) is 0. The molecule has 92 valence electrons. The first kappa shape index (κ1) is 15.3. The number of hydrogen-bond acceptors (Lipinski definition) is 0. The van der Waals surface area contributed by atoms with E-state index in [0.717, 1.165) is 11.8 Å². The van der Waals surface area contributed by atoms with Crippen LogP contribution in [0, 0.1) is 5.92 Å². The van der Waals surface area contributed by atoms with E-state index in [9.17, 15) is 0 Å². The molecular formula is C14H29Cl. The molecule has 0 aromatic carbocycles. The largest absolute Gasteiger partial charge is 0.127 e. The van der Waals surface area contributed by atoms with Crippen LogP contribution in [-0.2, 0) is 0 Å². The van der Waals surface area contributed by atoms with Crippen molar-refractivity contribution in [3.63, 3.8) is 0 Å². The average molecular weight is 233 g/mol. The summed E-state index contributed by atoms with van der Waals surface area (Å²) in [5.74, 6) is 1.76. The van der Waals surface area contributed by atoms with Crippen molar-refractivity contribution in [1.29, 1.82) is 0 Å². The van der Waals surface area contributed by atoms with E-state index in [2.05, 4.69) is 13.8 Å². The number of halogens is 1. The van der Waals surface area contributed by atoms with Crippen LogP contribution >= 0.6 is 11.6 Å². The third kappa shape index (κ3) is 10.6. The molecule has 0 aliphatic rings. The summed E-state index contributed by atoms with van der Waals surface area (Å²) in [7, 11) is 0. The minimum absolute atomic E-state index is 0.852. The van der Waals surface area contributed by atoms with Crippen LogP contribution in [0.5, 0.6) is 0 Å². The third-order valence-electron chi connectivity index (χ3n) is 3.20. The lowest BCUT2D eigenvalue weighted by molar-refractivity contribution is 0.399. The van der Waals surface area contributed by atoms with Gasteiger partial charge in [-0.3, -0.25) is 0 Å². The topological polar surface area (TPSA) is 0 Å². The Hall–Kier alpha value is 0.290. The van der Waals surface area contributed by atoms with E-state index in [1.165, 1.54) is 64.2 Å². The lowest BCUT2D eigenvalue weighted by atomic mass is 9.92. The Morgan fingerprint density at radius 2 is 1.27 bits per heavy atom. The molecule has 0 saturated heterocycles. The van der Waals surface area contributed by atoms with Crippen molar-refractivity contribution in [2.75, 3.05) is 5.88 Å². The Bertz CT molecular complexity index is 112. The minimum atomic E-state index is 0.852. The van der Waals surface area contributed by atoms with Crippen molar-refractivity contribution >= 4 is 11.6 Å². The van der Waals surface area contributed by atoms with Crippen LogP contribution in [0.4, 0.5) is 0 Å². The summed E-state index contributed by atoms with van der Waals surface area (Å²) < 4.78 is 0. The molecule has 0 saturated carbocycles. The SMILES string of the molecule is CCCCCCC(CCCl)CCCCC. The number of rotatable bonds is 11. The summed E-state index contributed by atoms with van der Waals surface area (Å²) in [4.78, 5) is 0. The summed E-state index contributed by atoms with van der Waals surface area (Å²) in [5.41, 5.74) is 0. The zero-order chi connectivity index (χ0) is 11.4. The van der Waals surface area contributed by atoms with Crippen LogP contribution in [0.15, 0.2) is 0 Å². The van der Waals surface area contributed by atoms with Crippen molar-refractivity contribution in [1.82, 2.24) is 0 Å². The molecular weight excluding hydrogens is 204 g/mol. The highest BCUT2D eigenvalue weighted by Crippen LogP contribution is 2.21. The Kier molecular flexibility index (Phi) is 12.6. The highest BCUT2D eigenvalue weighted by atomic mass is 35.5. The number of alkyl halides is 1. The summed E-state index contributed by atoms with van der Waals surface area (Å²) in [5, 5.41) is 0. The second-order valence-electron chi connectivity index (χ2n) is 4.69. The van der Waals surface area contributed by atoms with Crippen LogP contribution in [-0.4, -0.2) is 5.88 Å². The van der Waals surface area contributed by atoms with Gasteiger partial charge in [-0.05, 0) is 12.3 Å². The molecule has 1 unspecified atom stereocenters. The van der Waals surface area contributed by atoms with E-state index in [-0.39, 0.29) is 0 Å². The molecule has 0 heterocycles. The molecule has 0 N–H and O–H groups in total. The van der Waals surface area contributed by atoms with E-state index in [1.54, 1.807) is 0 Å². The second kappa shape index (κ2) is 12.4. The van der Waals surface area contributed by atoms with Gasteiger partial charge in [-0.2, -0.15) is 0 Å². The van der Waals surface area contributed by atoms with Gasteiger partial charge in [-0.15, -0.1) is 11.6 Å². The van der Waals surface area contributed by atoms with Gasteiger partial charge in [0, 0.05) is 5.88 Å². The van der Waals surface area contributed by atoms with Gasteiger partial charge >= 0.3 is 0 Å². The first-order chi connectivity index (χ1) is 7.35. The molecule has 0 spiro atoms. The summed E-state index contributed by atoms with van der Waals surface area (Å²) in [6.07, 6.45) is 13.8. The Labute approximate surface area is 102 Å². The van der Waals surface area contributed by atoms with E-state index in [0.29, 0.717) is 0 Å². The molecule has 0 aliphatic heterocycles. The molecule has 0 aromatic heterocycles. The second-order valence-corrected chi connectivity index (χ2v) is 5.07. The maximum atomic E-state index is 5.85. The van der Waals surface area contributed by atoms with Crippen molar-refractivity contribution in [2.24, 2.45) is 5.92 Å². The normalized spacial score (nSPS) is 13.0. The molecule has 0 rings (SSSR count). The summed E-state index contributed by atoms with van der Waals surface area (Å²) >= 11 is 5.85. The van der Waals surface area contributed by atoms with Crippen molar-refractivity contribution in [2.45, 2.75) is 78.1 Å². The highest BCUT2D eigenvalue weighted by Gasteiger charge is 2.07. The lowest BCUT2D eigenvalue weighted by Gasteiger charge is -2.15. The molecule has 0 aliphatic carbocycles. The fraction of sp³-hybridized carbons (Fsp3) is 1.00. The van der Waals surface area contributed by atoms with Gasteiger partial charge in [0.25, 0.3) is 0 Å². The molecule has 0 aromatic rings. The van der Waals surface area contributed by atoms with Gasteiger partial charge < -0.3 is 0 Å². The fourth-order valence-corrected chi connectivity index (χ4v) is 2.44. The molecule has 1 heteroatoms.